The van der Waals surface area contributed by atoms with Crippen LogP contribution < -0.4 is 0 Å². The van der Waals surface area contributed by atoms with Gasteiger partial charge in [0.2, 0.25) is 4.96 Å². The molecule has 0 aliphatic rings. The molecular formula is C8H9N3O2S. The van der Waals surface area contributed by atoms with Crippen LogP contribution in [0, 0.1) is 6.92 Å². The fourth-order valence-corrected chi connectivity index (χ4v) is 2.11. The molecule has 0 bridgehead atoms. The summed E-state index contributed by atoms with van der Waals surface area (Å²) in [6.45, 7) is 3.99. The summed E-state index contributed by atoms with van der Waals surface area (Å²) < 4.78 is 6.55. The number of carbonyl (C=O) groups excluding carboxylic acids is 1. The lowest BCUT2D eigenvalue weighted by atomic mass is 10.4. The second-order valence-electron chi connectivity index (χ2n) is 2.69. The Morgan fingerprint density at radius 2 is 2.50 bits per heavy atom. The van der Waals surface area contributed by atoms with Crippen LogP contribution in [0.1, 0.15) is 22.3 Å². The number of carbonyl (C=O) groups is 1. The maximum absolute atomic E-state index is 11.5. The van der Waals surface area contributed by atoms with Crippen LogP contribution in [0.15, 0.2) is 6.33 Å². The van der Waals surface area contributed by atoms with Crippen molar-refractivity contribution in [1.29, 1.82) is 0 Å². The minimum absolute atomic E-state index is 0.303. The molecule has 2 aromatic rings. The largest absolute Gasteiger partial charge is 0.462 e. The van der Waals surface area contributed by atoms with Gasteiger partial charge in [0, 0.05) is 0 Å². The van der Waals surface area contributed by atoms with Gasteiger partial charge >= 0.3 is 5.97 Å². The molecule has 6 heteroatoms. The number of fused-ring (bicyclic) bond motifs is 1. The van der Waals surface area contributed by atoms with Crippen molar-refractivity contribution in [3.8, 4) is 0 Å². The normalized spacial score (nSPS) is 10.7. The van der Waals surface area contributed by atoms with Crippen LogP contribution in [0.3, 0.4) is 0 Å². The first-order valence-electron chi connectivity index (χ1n) is 4.20. The average molecular weight is 211 g/mol. The number of rotatable bonds is 2. The van der Waals surface area contributed by atoms with E-state index in [4.69, 9.17) is 4.74 Å². The number of aryl methyl sites for hydroxylation is 1. The molecule has 74 valence electrons. The Hall–Kier alpha value is -1.43. The van der Waals surface area contributed by atoms with Gasteiger partial charge in [0.25, 0.3) is 0 Å². The lowest BCUT2D eigenvalue weighted by Gasteiger charge is -1.98. The summed E-state index contributed by atoms with van der Waals surface area (Å²) in [7, 11) is 0. The van der Waals surface area contributed by atoms with E-state index in [1.807, 2.05) is 6.92 Å². The van der Waals surface area contributed by atoms with Gasteiger partial charge in [-0.05, 0) is 13.8 Å². The van der Waals surface area contributed by atoms with E-state index in [1.54, 1.807) is 11.4 Å². The molecular weight excluding hydrogens is 202 g/mol. The van der Waals surface area contributed by atoms with E-state index >= 15 is 0 Å². The predicted octanol–water partition coefficient (Wildman–Crippen LogP) is 1.28. The first-order chi connectivity index (χ1) is 6.74. The van der Waals surface area contributed by atoms with E-state index in [2.05, 4.69) is 10.1 Å². The van der Waals surface area contributed by atoms with Crippen molar-refractivity contribution in [3.63, 3.8) is 0 Å². The quantitative estimate of drug-likeness (QED) is 0.702. The van der Waals surface area contributed by atoms with E-state index in [-0.39, 0.29) is 5.97 Å². The van der Waals surface area contributed by atoms with E-state index in [9.17, 15) is 4.79 Å². The van der Waals surface area contributed by atoms with Crippen LogP contribution in [-0.2, 0) is 4.74 Å². The van der Waals surface area contributed by atoms with Crippen molar-refractivity contribution >= 4 is 22.3 Å². The lowest BCUT2D eigenvalue weighted by molar-refractivity contribution is 0.0530. The van der Waals surface area contributed by atoms with E-state index in [1.165, 1.54) is 17.7 Å². The zero-order valence-corrected chi connectivity index (χ0v) is 8.67. The summed E-state index contributed by atoms with van der Waals surface area (Å²) in [6, 6.07) is 0. The Labute approximate surface area is 84.3 Å². The number of hydrogen-bond acceptors (Lipinski definition) is 5. The number of thiazole rings is 1. The maximum Gasteiger partial charge on any atom is 0.350 e. The van der Waals surface area contributed by atoms with Gasteiger partial charge < -0.3 is 4.74 Å². The van der Waals surface area contributed by atoms with Gasteiger partial charge in [0.15, 0.2) is 0 Å². The molecule has 0 atom stereocenters. The predicted molar refractivity (Wildman–Crippen MR) is 51.6 cm³/mol. The lowest BCUT2D eigenvalue weighted by Crippen LogP contribution is -2.04. The second kappa shape index (κ2) is 3.38. The fourth-order valence-electron chi connectivity index (χ4n) is 1.18. The van der Waals surface area contributed by atoms with Crippen LogP contribution in [0.25, 0.3) is 4.96 Å². The number of esters is 1. The van der Waals surface area contributed by atoms with Gasteiger partial charge in [-0.1, -0.05) is 11.3 Å². The Morgan fingerprint density at radius 3 is 3.14 bits per heavy atom. The summed E-state index contributed by atoms with van der Waals surface area (Å²) in [5, 5.41) is 3.99. The van der Waals surface area contributed by atoms with Crippen molar-refractivity contribution in [3.05, 3.63) is 16.9 Å². The molecule has 0 N–H and O–H groups in total. The molecule has 0 saturated heterocycles. The van der Waals surface area contributed by atoms with Crippen molar-refractivity contribution in [2.45, 2.75) is 13.8 Å². The number of aromatic nitrogens is 3. The van der Waals surface area contributed by atoms with Crippen molar-refractivity contribution in [2.75, 3.05) is 6.61 Å². The molecule has 0 saturated carbocycles. The molecule has 0 radical (unpaired) electrons. The smallest absolute Gasteiger partial charge is 0.350 e. The average Bonchev–Trinajstić information content (AvgIpc) is 2.69. The van der Waals surface area contributed by atoms with Crippen molar-refractivity contribution < 1.29 is 9.53 Å². The minimum Gasteiger partial charge on any atom is -0.462 e. The molecule has 0 amide bonds. The maximum atomic E-state index is 11.5. The summed E-state index contributed by atoms with van der Waals surface area (Å²) in [6.07, 6.45) is 1.47. The molecule has 0 fully saturated rings. The molecule has 0 aromatic carbocycles. The third kappa shape index (κ3) is 1.27. The highest BCUT2D eigenvalue weighted by Gasteiger charge is 2.17. The van der Waals surface area contributed by atoms with Gasteiger partial charge in [-0.15, -0.1) is 0 Å². The molecule has 0 spiro atoms. The van der Waals surface area contributed by atoms with Crippen LogP contribution in [0.5, 0.6) is 0 Å². The monoisotopic (exact) mass is 211 g/mol. The zero-order valence-electron chi connectivity index (χ0n) is 7.85. The Morgan fingerprint density at radius 1 is 1.71 bits per heavy atom. The summed E-state index contributed by atoms with van der Waals surface area (Å²) >= 11 is 1.29. The van der Waals surface area contributed by atoms with Gasteiger partial charge in [-0.25, -0.2) is 14.3 Å². The third-order valence-corrected chi connectivity index (χ3v) is 2.94. The highest BCUT2D eigenvalue weighted by Crippen LogP contribution is 2.21. The molecule has 2 heterocycles. The SMILES string of the molecule is CCOC(=O)c1sc2ncnn2c1C. The molecule has 2 aromatic heterocycles. The van der Waals surface area contributed by atoms with E-state index < -0.39 is 0 Å². The van der Waals surface area contributed by atoms with E-state index in [0.717, 1.165) is 5.69 Å². The number of nitrogens with zero attached hydrogens (tertiary/aromatic N) is 3. The van der Waals surface area contributed by atoms with Gasteiger partial charge in [0.05, 0.1) is 12.3 Å². The first kappa shape index (κ1) is 9.14. The summed E-state index contributed by atoms with van der Waals surface area (Å²) in [5.74, 6) is -0.303. The minimum atomic E-state index is -0.303. The standard InChI is InChI=1S/C8H9N3O2S/c1-3-13-7(12)6-5(2)11-8(14-6)9-4-10-11/h4H,3H2,1-2H3. The number of ether oxygens (including phenoxy) is 1. The van der Waals surface area contributed by atoms with E-state index in [0.29, 0.717) is 16.4 Å². The van der Waals surface area contributed by atoms with Crippen LogP contribution >= 0.6 is 11.3 Å². The molecule has 0 aliphatic heterocycles. The Bertz CT molecular complexity index is 474. The third-order valence-electron chi connectivity index (χ3n) is 1.82. The number of hydrogen-bond donors (Lipinski definition) is 0. The van der Waals surface area contributed by atoms with Gasteiger partial charge in [0.1, 0.15) is 11.2 Å². The zero-order chi connectivity index (χ0) is 10.1. The van der Waals surface area contributed by atoms with Crippen LogP contribution in [-0.4, -0.2) is 27.2 Å². The Balaban J connectivity index is 2.47. The highest BCUT2D eigenvalue weighted by atomic mass is 32.1. The molecule has 0 aliphatic carbocycles. The molecule has 14 heavy (non-hydrogen) atoms. The van der Waals surface area contributed by atoms with Crippen LogP contribution in [0.2, 0.25) is 0 Å². The summed E-state index contributed by atoms with van der Waals surface area (Å²) in [5.41, 5.74) is 0.779. The highest BCUT2D eigenvalue weighted by molar-refractivity contribution is 7.18. The molecule has 2 rings (SSSR count). The first-order valence-corrected chi connectivity index (χ1v) is 5.02. The summed E-state index contributed by atoms with van der Waals surface area (Å²) in [4.78, 5) is 16.7. The van der Waals surface area contributed by atoms with Crippen LogP contribution in [0.4, 0.5) is 0 Å². The second-order valence-corrected chi connectivity index (χ2v) is 3.67. The van der Waals surface area contributed by atoms with Crippen molar-refractivity contribution in [2.24, 2.45) is 0 Å². The van der Waals surface area contributed by atoms with Gasteiger partial charge in [-0.3, -0.25) is 0 Å². The molecule has 5 nitrogen and oxygen atoms in total. The Kier molecular flexibility index (Phi) is 2.20. The van der Waals surface area contributed by atoms with Crippen molar-refractivity contribution in [1.82, 2.24) is 14.6 Å². The molecule has 0 unspecified atom stereocenters. The fraction of sp³-hybridized carbons (Fsp3) is 0.375. The topological polar surface area (TPSA) is 56.5 Å². The van der Waals surface area contributed by atoms with Gasteiger partial charge in [-0.2, -0.15) is 5.10 Å².